The summed E-state index contributed by atoms with van der Waals surface area (Å²) in [5.74, 6) is 1.38. The van der Waals surface area contributed by atoms with Crippen LogP contribution in [0.5, 0.6) is 11.5 Å². The molecule has 2 aromatic rings. The van der Waals surface area contributed by atoms with E-state index in [9.17, 15) is 4.79 Å². The molecule has 0 aliphatic rings. The van der Waals surface area contributed by atoms with Crippen LogP contribution in [0.2, 0.25) is 10.0 Å². The van der Waals surface area contributed by atoms with Gasteiger partial charge in [0.25, 0.3) is 0 Å². The molecule has 0 aliphatic carbocycles. The fraction of sp³-hybridized carbons (Fsp3) is 0.300. The Morgan fingerprint density at radius 2 is 2.00 bits per heavy atom. The number of urea groups is 1. The number of carbonyl (C=O) groups excluding carboxylic acids is 1. The highest BCUT2D eigenvalue weighted by molar-refractivity contribution is 6.32. The van der Waals surface area contributed by atoms with Crippen molar-refractivity contribution in [2.45, 2.75) is 20.8 Å². The summed E-state index contributed by atoms with van der Waals surface area (Å²) < 4.78 is 11.4. The van der Waals surface area contributed by atoms with Gasteiger partial charge in [0, 0.05) is 10.7 Å². The number of anilines is 1. The van der Waals surface area contributed by atoms with Crippen molar-refractivity contribution in [1.29, 1.82) is 0 Å². The monoisotopic (exact) mass is 423 g/mol. The summed E-state index contributed by atoms with van der Waals surface area (Å²) in [6.07, 6.45) is 1.47. The summed E-state index contributed by atoms with van der Waals surface area (Å²) in [6.45, 7) is 6.97. The number of rotatable bonds is 8. The van der Waals surface area contributed by atoms with E-state index in [0.717, 1.165) is 0 Å². The first-order valence-corrected chi connectivity index (χ1v) is 9.59. The Hall–Kier alpha value is -2.44. The molecule has 6 nitrogen and oxygen atoms in total. The Morgan fingerprint density at radius 3 is 2.68 bits per heavy atom. The van der Waals surface area contributed by atoms with E-state index in [0.29, 0.717) is 51.9 Å². The Morgan fingerprint density at radius 1 is 1.21 bits per heavy atom. The molecule has 28 heavy (non-hydrogen) atoms. The SMILES string of the molecule is CCOc1cc(/C=N\NC(=O)Nc2cccc(Cl)c2)cc(Cl)c1OCC(C)C. The maximum absolute atomic E-state index is 11.9. The molecule has 0 unspecified atom stereocenters. The number of benzene rings is 2. The second-order valence-corrected chi connectivity index (χ2v) is 7.15. The number of hydrazone groups is 1. The van der Waals surface area contributed by atoms with Crippen molar-refractivity contribution < 1.29 is 14.3 Å². The molecule has 0 saturated heterocycles. The highest BCUT2D eigenvalue weighted by Crippen LogP contribution is 2.36. The summed E-state index contributed by atoms with van der Waals surface area (Å²) in [7, 11) is 0. The third kappa shape index (κ3) is 6.94. The molecular weight excluding hydrogens is 401 g/mol. The molecular formula is C20H23Cl2N3O3. The molecule has 2 rings (SSSR count). The number of ether oxygens (including phenoxy) is 2. The van der Waals surface area contributed by atoms with Crippen molar-refractivity contribution >= 4 is 41.1 Å². The number of nitrogens with zero attached hydrogens (tertiary/aromatic N) is 1. The molecule has 8 heteroatoms. The van der Waals surface area contributed by atoms with Crippen LogP contribution in [0.3, 0.4) is 0 Å². The highest BCUT2D eigenvalue weighted by atomic mass is 35.5. The number of carbonyl (C=O) groups is 1. The lowest BCUT2D eigenvalue weighted by molar-refractivity contribution is 0.248. The van der Waals surface area contributed by atoms with Gasteiger partial charge in [0.15, 0.2) is 11.5 Å². The van der Waals surface area contributed by atoms with Crippen LogP contribution in [0.15, 0.2) is 41.5 Å². The van der Waals surface area contributed by atoms with Crippen LogP contribution in [-0.4, -0.2) is 25.5 Å². The minimum absolute atomic E-state index is 0.356. The molecule has 2 amide bonds. The van der Waals surface area contributed by atoms with E-state index in [4.69, 9.17) is 32.7 Å². The fourth-order valence-electron chi connectivity index (χ4n) is 2.21. The molecule has 0 aromatic heterocycles. The standard InChI is InChI=1S/C20H23Cl2N3O3/c1-4-27-18-9-14(8-17(22)19(18)28-12-13(2)3)11-23-25-20(26)24-16-7-5-6-15(21)10-16/h5-11,13H,4,12H2,1-3H3,(H2,24,25,26)/b23-11-. The average molecular weight is 424 g/mol. The number of hydrogen-bond donors (Lipinski definition) is 2. The van der Waals surface area contributed by atoms with Gasteiger partial charge in [-0.3, -0.25) is 0 Å². The summed E-state index contributed by atoms with van der Waals surface area (Å²) >= 11 is 12.2. The molecule has 0 atom stereocenters. The largest absolute Gasteiger partial charge is 0.490 e. The van der Waals surface area contributed by atoms with Gasteiger partial charge in [-0.2, -0.15) is 5.10 Å². The van der Waals surface area contributed by atoms with Gasteiger partial charge in [0.1, 0.15) is 0 Å². The molecule has 2 N–H and O–H groups in total. The summed E-state index contributed by atoms with van der Waals surface area (Å²) in [5, 5.41) is 7.50. The predicted molar refractivity (Wildman–Crippen MR) is 114 cm³/mol. The van der Waals surface area contributed by atoms with Gasteiger partial charge in [-0.1, -0.05) is 43.1 Å². The smallest absolute Gasteiger partial charge is 0.339 e. The first kappa shape index (κ1) is 21.9. The Balaban J connectivity index is 2.04. The van der Waals surface area contributed by atoms with Crippen LogP contribution in [0.1, 0.15) is 26.3 Å². The third-order valence-corrected chi connectivity index (χ3v) is 3.87. The molecule has 0 spiro atoms. The van der Waals surface area contributed by atoms with Crippen molar-refractivity contribution in [2.75, 3.05) is 18.5 Å². The van der Waals surface area contributed by atoms with Gasteiger partial charge in [-0.05, 0) is 48.7 Å². The zero-order chi connectivity index (χ0) is 20.5. The van der Waals surface area contributed by atoms with Crippen molar-refractivity contribution in [3.8, 4) is 11.5 Å². The average Bonchev–Trinajstić information content (AvgIpc) is 2.61. The van der Waals surface area contributed by atoms with E-state index in [2.05, 4.69) is 29.7 Å². The van der Waals surface area contributed by atoms with Gasteiger partial charge in [-0.15, -0.1) is 0 Å². The highest BCUT2D eigenvalue weighted by Gasteiger charge is 2.13. The van der Waals surface area contributed by atoms with Gasteiger partial charge in [0.05, 0.1) is 24.5 Å². The Kier molecular flexibility index (Phi) is 8.42. The maximum atomic E-state index is 11.9. The lowest BCUT2D eigenvalue weighted by Gasteiger charge is -2.15. The van der Waals surface area contributed by atoms with E-state index in [-0.39, 0.29) is 0 Å². The molecule has 0 fully saturated rings. The molecule has 0 saturated carbocycles. The number of nitrogens with one attached hydrogen (secondary N) is 2. The first-order chi connectivity index (χ1) is 13.4. The lowest BCUT2D eigenvalue weighted by atomic mass is 10.2. The number of halogens is 2. The lowest BCUT2D eigenvalue weighted by Crippen LogP contribution is -2.24. The Bertz CT molecular complexity index is 841. The van der Waals surface area contributed by atoms with Gasteiger partial charge >= 0.3 is 6.03 Å². The molecule has 2 aromatic carbocycles. The molecule has 0 aliphatic heterocycles. The van der Waals surface area contributed by atoms with Gasteiger partial charge < -0.3 is 14.8 Å². The molecule has 0 bridgehead atoms. The van der Waals surface area contributed by atoms with E-state index in [1.165, 1.54) is 6.21 Å². The number of hydrogen-bond acceptors (Lipinski definition) is 4. The van der Waals surface area contributed by atoms with E-state index < -0.39 is 6.03 Å². The zero-order valence-electron chi connectivity index (χ0n) is 16.0. The minimum atomic E-state index is -0.494. The Labute approximate surface area is 174 Å². The van der Waals surface area contributed by atoms with Crippen molar-refractivity contribution in [1.82, 2.24) is 5.43 Å². The van der Waals surface area contributed by atoms with E-state index in [1.807, 2.05) is 6.92 Å². The fourth-order valence-corrected chi connectivity index (χ4v) is 2.67. The maximum Gasteiger partial charge on any atom is 0.339 e. The summed E-state index contributed by atoms with van der Waals surface area (Å²) in [4.78, 5) is 11.9. The van der Waals surface area contributed by atoms with Crippen LogP contribution >= 0.6 is 23.2 Å². The van der Waals surface area contributed by atoms with Crippen molar-refractivity contribution in [2.24, 2.45) is 11.0 Å². The predicted octanol–water partition coefficient (Wildman–Crippen LogP) is 5.58. The minimum Gasteiger partial charge on any atom is -0.490 e. The molecule has 0 radical (unpaired) electrons. The normalized spacial score (nSPS) is 10.9. The third-order valence-electron chi connectivity index (χ3n) is 3.35. The van der Waals surface area contributed by atoms with Gasteiger partial charge in [-0.25, -0.2) is 10.2 Å². The quantitative estimate of drug-likeness (QED) is 0.429. The summed E-state index contributed by atoms with van der Waals surface area (Å²) in [6, 6.07) is 9.77. The number of amides is 2. The molecule has 150 valence electrons. The summed E-state index contributed by atoms with van der Waals surface area (Å²) in [5.41, 5.74) is 3.61. The van der Waals surface area contributed by atoms with Crippen LogP contribution in [0.25, 0.3) is 0 Å². The van der Waals surface area contributed by atoms with Crippen LogP contribution in [0, 0.1) is 5.92 Å². The van der Waals surface area contributed by atoms with E-state index >= 15 is 0 Å². The van der Waals surface area contributed by atoms with Gasteiger partial charge in [0.2, 0.25) is 0 Å². The zero-order valence-corrected chi connectivity index (χ0v) is 17.5. The van der Waals surface area contributed by atoms with Crippen molar-refractivity contribution in [3.63, 3.8) is 0 Å². The first-order valence-electron chi connectivity index (χ1n) is 8.83. The second kappa shape index (κ2) is 10.8. The van der Waals surface area contributed by atoms with Crippen LogP contribution in [-0.2, 0) is 0 Å². The van der Waals surface area contributed by atoms with E-state index in [1.54, 1.807) is 36.4 Å². The molecule has 0 heterocycles. The topological polar surface area (TPSA) is 72.0 Å². The second-order valence-electron chi connectivity index (χ2n) is 6.30. The van der Waals surface area contributed by atoms with Crippen LogP contribution < -0.4 is 20.2 Å². The van der Waals surface area contributed by atoms with Crippen LogP contribution in [0.4, 0.5) is 10.5 Å². The van der Waals surface area contributed by atoms with Crippen molar-refractivity contribution in [3.05, 3.63) is 52.0 Å².